The molecule has 232 valence electrons. The lowest BCUT2D eigenvalue weighted by Gasteiger charge is -2.34. The van der Waals surface area contributed by atoms with Crippen molar-refractivity contribution >= 4 is 27.7 Å². The molecule has 2 unspecified atom stereocenters. The number of aliphatic carboxylic acids is 1. The molecule has 1 aromatic carbocycles. The molecule has 2 rings (SSSR count). The van der Waals surface area contributed by atoms with Crippen LogP contribution in [0.5, 0.6) is 0 Å². The number of carbonyl (C=O) groups is 3. The van der Waals surface area contributed by atoms with E-state index >= 15 is 0 Å². The zero-order valence-electron chi connectivity index (χ0n) is 24.8. The molecule has 2 atom stereocenters. The number of hydrogen-bond donors (Lipinski definition) is 1. The van der Waals surface area contributed by atoms with Crippen LogP contribution < -0.4 is 0 Å². The first-order chi connectivity index (χ1) is 19.3. The summed E-state index contributed by atoms with van der Waals surface area (Å²) in [5.41, 5.74) is -0.763. The molecule has 1 aromatic rings. The van der Waals surface area contributed by atoms with Gasteiger partial charge < -0.3 is 24.1 Å². The van der Waals surface area contributed by atoms with E-state index in [9.17, 15) is 27.9 Å². The summed E-state index contributed by atoms with van der Waals surface area (Å²) < 4.78 is 46.8. The van der Waals surface area contributed by atoms with Crippen LogP contribution in [0, 0.1) is 5.41 Å². The van der Waals surface area contributed by atoms with E-state index in [1.165, 1.54) is 0 Å². The van der Waals surface area contributed by atoms with E-state index in [1.54, 1.807) is 45.9 Å². The van der Waals surface area contributed by atoms with Gasteiger partial charge >= 0.3 is 17.9 Å². The van der Waals surface area contributed by atoms with Crippen LogP contribution in [0.3, 0.4) is 0 Å². The second-order valence-electron chi connectivity index (χ2n) is 11.4. The number of ether oxygens (including phenoxy) is 4. The van der Waals surface area contributed by atoms with Gasteiger partial charge in [0.05, 0.1) is 25.6 Å². The molecule has 1 aliphatic heterocycles. The number of hydrogen-bond acceptors (Lipinski definition) is 9. The molecule has 0 amide bonds. The minimum absolute atomic E-state index is 0.104. The van der Waals surface area contributed by atoms with Crippen LogP contribution in [0.1, 0.15) is 83.8 Å². The third-order valence-corrected chi connectivity index (χ3v) is 9.07. The van der Waals surface area contributed by atoms with Crippen LogP contribution in [0.2, 0.25) is 0 Å². The summed E-state index contributed by atoms with van der Waals surface area (Å²) in [6, 6.07) is 7.17. The molecular weight excluding hydrogens is 552 g/mol. The first kappa shape index (κ1) is 34.7. The summed E-state index contributed by atoms with van der Waals surface area (Å²) in [4.78, 5) is 36.6. The van der Waals surface area contributed by atoms with E-state index in [1.807, 2.05) is 6.07 Å². The Kier molecular flexibility index (Phi) is 13.7. The van der Waals surface area contributed by atoms with Crippen molar-refractivity contribution in [2.24, 2.45) is 5.41 Å². The molecule has 10 nitrogen and oxygen atoms in total. The molecule has 0 bridgehead atoms. The molecular formula is C30H46O10S. The van der Waals surface area contributed by atoms with Crippen LogP contribution in [0.25, 0.3) is 0 Å². The summed E-state index contributed by atoms with van der Waals surface area (Å²) in [5, 5.41) is 10.6. The van der Waals surface area contributed by atoms with Gasteiger partial charge in [-0.05, 0) is 68.9 Å². The van der Waals surface area contributed by atoms with Crippen LogP contribution in [-0.2, 0) is 55.0 Å². The summed E-state index contributed by atoms with van der Waals surface area (Å²) in [5.74, 6) is -3.06. The lowest BCUT2D eigenvalue weighted by Crippen LogP contribution is -2.43. The van der Waals surface area contributed by atoms with Gasteiger partial charge in [0.15, 0.2) is 16.1 Å². The van der Waals surface area contributed by atoms with E-state index in [0.29, 0.717) is 44.5 Å². The zero-order chi connectivity index (χ0) is 30.5. The molecule has 0 aromatic heterocycles. The van der Waals surface area contributed by atoms with Gasteiger partial charge in [-0.2, -0.15) is 0 Å². The van der Waals surface area contributed by atoms with E-state index < -0.39 is 44.6 Å². The van der Waals surface area contributed by atoms with Gasteiger partial charge in [-0.3, -0.25) is 14.4 Å². The lowest BCUT2D eigenvalue weighted by molar-refractivity contribution is -0.180. The van der Waals surface area contributed by atoms with Gasteiger partial charge in [-0.15, -0.1) is 0 Å². The van der Waals surface area contributed by atoms with Crippen molar-refractivity contribution in [3.05, 3.63) is 35.4 Å². The Bertz CT molecular complexity index is 1110. The maximum Gasteiger partial charge on any atom is 0.321 e. The second-order valence-corrected chi connectivity index (χ2v) is 13.4. The highest BCUT2D eigenvalue weighted by Crippen LogP contribution is 2.36. The number of carbonyl (C=O) groups excluding carboxylic acids is 2. The van der Waals surface area contributed by atoms with Gasteiger partial charge in [-0.1, -0.05) is 44.5 Å². The van der Waals surface area contributed by atoms with E-state index in [2.05, 4.69) is 0 Å². The van der Waals surface area contributed by atoms with Crippen LogP contribution in [0.4, 0.5) is 0 Å². The van der Waals surface area contributed by atoms with E-state index in [4.69, 9.17) is 18.9 Å². The first-order valence-electron chi connectivity index (χ1n) is 14.4. The van der Waals surface area contributed by atoms with Crippen molar-refractivity contribution in [3.63, 3.8) is 0 Å². The molecule has 0 aliphatic carbocycles. The molecule has 1 heterocycles. The molecule has 0 spiro atoms. The fourth-order valence-electron chi connectivity index (χ4n) is 5.14. The highest BCUT2D eigenvalue weighted by molar-refractivity contribution is 7.92. The molecule has 41 heavy (non-hydrogen) atoms. The van der Waals surface area contributed by atoms with Crippen molar-refractivity contribution < 1.29 is 46.9 Å². The van der Waals surface area contributed by atoms with Crippen molar-refractivity contribution in [2.45, 2.75) is 90.8 Å². The normalized spacial score (nSPS) is 17.4. The predicted molar refractivity (Wildman–Crippen MR) is 153 cm³/mol. The van der Waals surface area contributed by atoms with Gasteiger partial charge in [0.25, 0.3) is 0 Å². The Labute approximate surface area is 244 Å². The minimum Gasteiger partial charge on any atom is -0.481 e. The lowest BCUT2D eigenvalue weighted by atomic mass is 9.74. The standard InChI is InChI=1S/C30H46O10S/c1-5-37-25(31)15-14-23-11-9-12-24(19-23)30(28(33)34,21-40-27-13-7-8-18-39-27)17-10-16-29(3,4)22-41(35,36)20-26(32)38-6-2/h9,11-12,19,27H,5-8,10,13-18,20-22H2,1-4H3,(H,33,34). The third-order valence-electron chi connectivity index (χ3n) is 7.18. The fraction of sp³-hybridized carbons (Fsp3) is 0.700. The van der Waals surface area contributed by atoms with E-state index in [0.717, 1.165) is 18.4 Å². The van der Waals surface area contributed by atoms with Crippen LogP contribution in [-0.4, -0.2) is 75.7 Å². The molecule has 0 saturated carbocycles. The SMILES string of the molecule is CCOC(=O)CCc1cccc(C(CCCC(C)(C)CS(=O)(=O)CC(=O)OCC)(COC2CCCCO2)C(=O)O)c1. The molecule has 1 aliphatic rings. The van der Waals surface area contributed by atoms with Crippen molar-refractivity contribution in [2.75, 3.05) is 37.9 Å². The largest absolute Gasteiger partial charge is 0.481 e. The Balaban J connectivity index is 2.24. The Hall–Kier alpha value is -2.50. The van der Waals surface area contributed by atoms with Crippen molar-refractivity contribution in [1.29, 1.82) is 0 Å². The topological polar surface area (TPSA) is 142 Å². The summed E-state index contributed by atoms with van der Waals surface area (Å²) in [6.07, 6.45) is 3.64. The summed E-state index contributed by atoms with van der Waals surface area (Å²) >= 11 is 0. The monoisotopic (exact) mass is 598 g/mol. The zero-order valence-corrected chi connectivity index (χ0v) is 25.6. The second kappa shape index (κ2) is 16.2. The number of aryl methyl sites for hydroxylation is 1. The fourth-order valence-corrected chi connectivity index (χ4v) is 7.02. The average molecular weight is 599 g/mol. The number of esters is 2. The molecule has 11 heteroatoms. The molecule has 1 N–H and O–H groups in total. The third kappa shape index (κ3) is 11.7. The van der Waals surface area contributed by atoms with Gasteiger partial charge in [0, 0.05) is 13.0 Å². The summed E-state index contributed by atoms with van der Waals surface area (Å²) in [6.45, 7) is 7.78. The number of rotatable bonds is 18. The van der Waals surface area contributed by atoms with Gasteiger partial charge in [0.2, 0.25) is 0 Å². The number of carboxylic acid groups (broad SMARTS) is 1. The molecule has 1 fully saturated rings. The smallest absolute Gasteiger partial charge is 0.321 e. The number of benzene rings is 1. The highest BCUT2D eigenvalue weighted by Gasteiger charge is 2.42. The highest BCUT2D eigenvalue weighted by atomic mass is 32.2. The van der Waals surface area contributed by atoms with Gasteiger partial charge in [0.1, 0.15) is 11.2 Å². The Morgan fingerprint density at radius 2 is 1.76 bits per heavy atom. The Morgan fingerprint density at radius 3 is 2.39 bits per heavy atom. The predicted octanol–water partition coefficient (Wildman–Crippen LogP) is 4.22. The maximum atomic E-state index is 13.0. The number of carboxylic acids is 1. The van der Waals surface area contributed by atoms with Crippen molar-refractivity contribution in [1.82, 2.24) is 0 Å². The number of sulfone groups is 1. The maximum absolute atomic E-state index is 13.0. The molecule has 1 saturated heterocycles. The van der Waals surface area contributed by atoms with Crippen LogP contribution in [0.15, 0.2) is 24.3 Å². The minimum atomic E-state index is -3.71. The average Bonchev–Trinajstić information content (AvgIpc) is 2.89. The quantitative estimate of drug-likeness (QED) is 0.244. The molecule has 0 radical (unpaired) electrons. The first-order valence-corrected chi connectivity index (χ1v) is 16.2. The van der Waals surface area contributed by atoms with Crippen molar-refractivity contribution in [3.8, 4) is 0 Å². The summed E-state index contributed by atoms with van der Waals surface area (Å²) in [7, 11) is -3.71. The van der Waals surface area contributed by atoms with E-state index in [-0.39, 0.29) is 37.8 Å². The Morgan fingerprint density at radius 1 is 1.05 bits per heavy atom. The van der Waals surface area contributed by atoms with Gasteiger partial charge in [-0.25, -0.2) is 8.42 Å². The van der Waals surface area contributed by atoms with Crippen LogP contribution >= 0.6 is 0 Å².